The molecule has 0 radical (unpaired) electrons. The molecule has 1 rings (SSSR count). The summed E-state index contributed by atoms with van der Waals surface area (Å²) in [5.74, 6) is 0. The summed E-state index contributed by atoms with van der Waals surface area (Å²) < 4.78 is 5.35. The van der Waals surface area contributed by atoms with Gasteiger partial charge in [0.1, 0.15) is 0 Å². The molecule has 0 heterocycles. The van der Waals surface area contributed by atoms with Gasteiger partial charge in [-0.25, -0.2) is 0 Å². The zero-order valence-corrected chi connectivity index (χ0v) is 9.49. The summed E-state index contributed by atoms with van der Waals surface area (Å²) in [5, 5.41) is 0. The highest BCUT2D eigenvalue weighted by Crippen LogP contribution is 2.08. The third-order valence-electron chi connectivity index (χ3n) is 2.06. The van der Waals surface area contributed by atoms with Gasteiger partial charge in [-0.15, -0.1) is 6.58 Å². The van der Waals surface area contributed by atoms with E-state index < -0.39 is 0 Å². The van der Waals surface area contributed by atoms with Crippen molar-refractivity contribution in [3.05, 3.63) is 53.6 Å². The molecule has 0 aliphatic heterocycles. The lowest BCUT2D eigenvalue weighted by Crippen LogP contribution is -1.95. The third kappa shape index (κ3) is 4.61. The van der Waals surface area contributed by atoms with Crippen molar-refractivity contribution < 1.29 is 4.74 Å². The van der Waals surface area contributed by atoms with E-state index in [2.05, 4.69) is 50.8 Å². The number of ether oxygens (including phenoxy) is 1. The fourth-order valence-corrected chi connectivity index (χ4v) is 1.29. The zero-order valence-electron chi connectivity index (χ0n) is 9.49. The predicted octanol–water partition coefficient (Wildman–Crippen LogP) is 3.60. The van der Waals surface area contributed by atoms with Crippen LogP contribution in [0.2, 0.25) is 0 Å². The second-order valence-electron chi connectivity index (χ2n) is 3.71. The van der Waals surface area contributed by atoms with Gasteiger partial charge in [-0.2, -0.15) is 0 Å². The molecule has 0 saturated carbocycles. The summed E-state index contributed by atoms with van der Waals surface area (Å²) in [5.41, 5.74) is 3.73. The van der Waals surface area contributed by atoms with Gasteiger partial charge in [-0.1, -0.05) is 42.0 Å². The van der Waals surface area contributed by atoms with Crippen LogP contribution >= 0.6 is 0 Å². The summed E-state index contributed by atoms with van der Waals surface area (Å²) in [4.78, 5) is 0. The van der Waals surface area contributed by atoms with E-state index in [0.29, 0.717) is 13.2 Å². The molecule has 0 aliphatic rings. The number of aryl methyl sites for hydroxylation is 1. The second-order valence-corrected chi connectivity index (χ2v) is 3.71. The van der Waals surface area contributed by atoms with Gasteiger partial charge in [0, 0.05) is 0 Å². The van der Waals surface area contributed by atoms with Gasteiger partial charge in [0.05, 0.1) is 13.2 Å². The van der Waals surface area contributed by atoms with Crippen molar-refractivity contribution >= 4 is 6.08 Å². The first kappa shape index (κ1) is 11.7. The minimum atomic E-state index is 0.610. The van der Waals surface area contributed by atoms with E-state index in [1.54, 1.807) is 6.08 Å². The van der Waals surface area contributed by atoms with Crippen LogP contribution in [0.3, 0.4) is 0 Å². The first-order valence-corrected chi connectivity index (χ1v) is 5.15. The van der Waals surface area contributed by atoms with Crippen LogP contribution in [-0.4, -0.2) is 13.2 Å². The van der Waals surface area contributed by atoms with Crippen molar-refractivity contribution in [3.63, 3.8) is 0 Å². The topological polar surface area (TPSA) is 9.23 Å². The van der Waals surface area contributed by atoms with Gasteiger partial charge < -0.3 is 4.74 Å². The van der Waals surface area contributed by atoms with E-state index in [-0.39, 0.29) is 0 Å². The summed E-state index contributed by atoms with van der Waals surface area (Å²) in [6.07, 6.45) is 3.90. The smallest absolute Gasteiger partial charge is 0.0681 e. The Labute approximate surface area is 92.1 Å². The molecular formula is C14H18O. The highest BCUT2D eigenvalue weighted by molar-refractivity contribution is 5.52. The quantitative estimate of drug-likeness (QED) is 0.523. The molecule has 1 aromatic rings. The Bertz CT molecular complexity index is 333. The van der Waals surface area contributed by atoms with Crippen LogP contribution in [0.1, 0.15) is 18.1 Å². The van der Waals surface area contributed by atoms with Crippen LogP contribution in [0.25, 0.3) is 6.08 Å². The molecule has 0 amide bonds. The Morgan fingerprint density at radius 2 is 2.00 bits per heavy atom. The summed E-state index contributed by atoms with van der Waals surface area (Å²) in [6.45, 7) is 9.05. The maximum Gasteiger partial charge on any atom is 0.0681 e. The highest BCUT2D eigenvalue weighted by atomic mass is 16.5. The Hall–Kier alpha value is -1.34. The molecule has 0 unspecified atom stereocenters. The maximum atomic E-state index is 5.35. The molecule has 1 nitrogen and oxygen atoms in total. The Morgan fingerprint density at radius 3 is 2.60 bits per heavy atom. The van der Waals surface area contributed by atoms with Crippen molar-refractivity contribution in [1.29, 1.82) is 0 Å². The molecule has 0 atom stereocenters. The Kier molecular flexibility index (Phi) is 4.85. The fourth-order valence-electron chi connectivity index (χ4n) is 1.29. The summed E-state index contributed by atoms with van der Waals surface area (Å²) in [6, 6.07) is 8.46. The largest absolute Gasteiger partial charge is 0.373 e. The molecule has 15 heavy (non-hydrogen) atoms. The Balaban J connectivity index is 2.54. The zero-order chi connectivity index (χ0) is 11.1. The minimum Gasteiger partial charge on any atom is -0.373 e. The van der Waals surface area contributed by atoms with E-state index in [9.17, 15) is 0 Å². The predicted molar refractivity (Wildman–Crippen MR) is 65.8 cm³/mol. The monoisotopic (exact) mass is 202 g/mol. The SMILES string of the molecule is C=CCOC/C(C)=C/c1ccc(C)cc1. The molecule has 0 bridgehead atoms. The molecule has 0 fully saturated rings. The number of hydrogen-bond acceptors (Lipinski definition) is 1. The molecule has 0 spiro atoms. The molecule has 80 valence electrons. The average molecular weight is 202 g/mol. The van der Waals surface area contributed by atoms with E-state index in [1.165, 1.54) is 16.7 Å². The van der Waals surface area contributed by atoms with Crippen LogP contribution in [0.15, 0.2) is 42.5 Å². The van der Waals surface area contributed by atoms with Crippen LogP contribution in [-0.2, 0) is 4.74 Å². The van der Waals surface area contributed by atoms with Crippen LogP contribution in [0.4, 0.5) is 0 Å². The van der Waals surface area contributed by atoms with E-state index in [4.69, 9.17) is 4.74 Å². The minimum absolute atomic E-state index is 0.610. The number of hydrogen-bond donors (Lipinski definition) is 0. The molecular weight excluding hydrogens is 184 g/mol. The normalized spacial score (nSPS) is 11.5. The molecule has 1 aromatic carbocycles. The summed E-state index contributed by atoms with van der Waals surface area (Å²) in [7, 11) is 0. The third-order valence-corrected chi connectivity index (χ3v) is 2.06. The van der Waals surface area contributed by atoms with Crippen LogP contribution in [0.5, 0.6) is 0 Å². The lowest BCUT2D eigenvalue weighted by Gasteiger charge is -2.02. The van der Waals surface area contributed by atoms with Gasteiger partial charge in [0.2, 0.25) is 0 Å². The highest BCUT2D eigenvalue weighted by Gasteiger charge is 1.91. The fraction of sp³-hybridized carbons (Fsp3) is 0.286. The molecule has 1 heteroatoms. The van der Waals surface area contributed by atoms with Crippen molar-refractivity contribution in [1.82, 2.24) is 0 Å². The standard InChI is InChI=1S/C14H18O/c1-4-9-15-11-13(3)10-14-7-5-12(2)6-8-14/h4-8,10H,1,9,11H2,2-3H3/b13-10+. The molecule has 0 aromatic heterocycles. The molecule has 0 aliphatic carbocycles. The second kappa shape index (κ2) is 6.20. The van der Waals surface area contributed by atoms with Gasteiger partial charge >= 0.3 is 0 Å². The van der Waals surface area contributed by atoms with E-state index in [1.807, 2.05) is 0 Å². The number of benzene rings is 1. The van der Waals surface area contributed by atoms with Crippen molar-refractivity contribution in [2.75, 3.05) is 13.2 Å². The average Bonchev–Trinajstić information content (AvgIpc) is 2.22. The van der Waals surface area contributed by atoms with Crippen molar-refractivity contribution in [2.45, 2.75) is 13.8 Å². The molecule has 0 saturated heterocycles. The summed E-state index contributed by atoms with van der Waals surface area (Å²) >= 11 is 0. The maximum absolute atomic E-state index is 5.35. The van der Waals surface area contributed by atoms with Crippen molar-refractivity contribution in [3.8, 4) is 0 Å². The van der Waals surface area contributed by atoms with Gasteiger partial charge in [0.15, 0.2) is 0 Å². The van der Waals surface area contributed by atoms with E-state index in [0.717, 1.165) is 0 Å². The van der Waals surface area contributed by atoms with E-state index >= 15 is 0 Å². The lowest BCUT2D eigenvalue weighted by atomic mass is 10.1. The first-order chi connectivity index (χ1) is 7.22. The Morgan fingerprint density at radius 1 is 1.33 bits per heavy atom. The van der Waals surface area contributed by atoms with Crippen LogP contribution < -0.4 is 0 Å². The van der Waals surface area contributed by atoms with Gasteiger partial charge in [0.25, 0.3) is 0 Å². The lowest BCUT2D eigenvalue weighted by molar-refractivity contribution is 0.188. The first-order valence-electron chi connectivity index (χ1n) is 5.15. The van der Waals surface area contributed by atoms with Crippen molar-refractivity contribution in [2.24, 2.45) is 0 Å². The molecule has 0 N–H and O–H groups in total. The van der Waals surface area contributed by atoms with Gasteiger partial charge in [-0.05, 0) is 25.0 Å². The number of rotatable bonds is 5. The van der Waals surface area contributed by atoms with Gasteiger partial charge in [-0.3, -0.25) is 0 Å². The van der Waals surface area contributed by atoms with Crippen LogP contribution in [0, 0.1) is 6.92 Å².